The number of nitrogens with zero attached hydrogens (tertiary/aromatic N) is 2. The van der Waals surface area contributed by atoms with Crippen molar-refractivity contribution in [3.05, 3.63) is 64.1 Å². The van der Waals surface area contributed by atoms with Gasteiger partial charge in [0.15, 0.2) is 5.17 Å². The van der Waals surface area contributed by atoms with Crippen LogP contribution in [0.25, 0.3) is 6.08 Å². The molecule has 1 heterocycles. The van der Waals surface area contributed by atoms with E-state index in [1.54, 1.807) is 4.90 Å². The van der Waals surface area contributed by atoms with Crippen molar-refractivity contribution < 1.29 is 9.53 Å². The van der Waals surface area contributed by atoms with Gasteiger partial charge in [-0.3, -0.25) is 9.69 Å². The summed E-state index contributed by atoms with van der Waals surface area (Å²) in [6.07, 6.45) is 1.92. The fourth-order valence-electron chi connectivity index (χ4n) is 2.85. The van der Waals surface area contributed by atoms with Crippen LogP contribution in [0.2, 0.25) is 0 Å². The number of benzene rings is 2. The number of ether oxygens (including phenoxy) is 1. The molecule has 1 fully saturated rings. The highest BCUT2D eigenvalue weighted by Crippen LogP contribution is 2.34. The zero-order valence-corrected chi connectivity index (χ0v) is 18.5. The lowest BCUT2D eigenvalue weighted by molar-refractivity contribution is -0.122. The van der Waals surface area contributed by atoms with E-state index in [-0.39, 0.29) is 5.91 Å². The number of rotatable bonds is 6. The third kappa shape index (κ3) is 5.30. The predicted octanol–water partition coefficient (Wildman–Crippen LogP) is 5.96. The molecule has 0 aromatic heterocycles. The number of carbonyl (C=O) groups excluding carboxylic acids is 1. The number of amidine groups is 1. The molecule has 29 heavy (non-hydrogen) atoms. The number of hydrogen-bond acceptors (Lipinski definition) is 4. The summed E-state index contributed by atoms with van der Waals surface area (Å²) in [4.78, 5) is 20.0. The Morgan fingerprint density at radius 1 is 1.10 bits per heavy atom. The average molecular weight is 409 g/mol. The molecule has 3 rings (SSSR count). The molecule has 0 aliphatic carbocycles. The number of carbonyl (C=O) groups is 1. The maximum Gasteiger partial charge on any atom is 0.266 e. The number of hydrogen-bond donors (Lipinski definition) is 0. The maximum atomic E-state index is 12.8. The Hall–Kier alpha value is -2.53. The molecule has 0 atom stereocenters. The molecule has 2 aromatic carbocycles. The van der Waals surface area contributed by atoms with Gasteiger partial charge in [-0.05, 0) is 85.5 Å². The van der Waals surface area contributed by atoms with Gasteiger partial charge in [0.25, 0.3) is 5.91 Å². The predicted molar refractivity (Wildman–Crippen MR) is 123 cm³/mol. The zero-order chi connectivity index (χ0) is 21.0. The van der Waals surface area contributed by atoms with Crippen molar-refractivity contribution >= 4 is 34.6 Å². The molecule has 1 aliphatic rings. The number of thioether (sulfide) groups is 1. The minimum atomic E-state index is 0.000202. The van der Waals surface area contributed by atoms with Crippen LogP contribution in [0.3, 0.4) is 0 Å². The van der Waals surface area contributed by atoms with Gasteiger partial charge in [-0.2, -0.15) is 0 Å². The van der Waals surface area contributed by atoms with Crippen molar-refractivity contribution in [1.82, 2.24) is 4.90 Å². The molecule has 2 aromatic rings. The van der Waals surface area contributed by atoms with Gasteiger partial charge in [0.2, 0.25) is 0 Å². The van der Waals surface area contributed by atoms with Crippen LogP contribution in [0.1, 0.15) is 37.5 Å². The minimum absolute atomic E-state index is 0.000202. The normalized spacial score (nSPS) is 17.0. The Kier molecular flexibility index (Phi) is 6.80. The van der Waals surface area contributed by atoms with Gasteiger partial charge in [-0.15, -0.1) is 0 Å². The SMILES string of the molecule is CCN1C(=O)/C(=C/c2ccc(OCC(C)C)cc2)SC1=Nc1ccc(C)c(C)c1. The highest BCUT2D eigenvalue weighted by Gasteiger charge is 2.32. The van der Waals surface area contributed by atoms with Gasteiger partial charge in [-0.1, -0.05) is 32.0 Å². The molecule has 5 heteroatoms. The monoisotopic (exact) mass is 408 g/mol. The Bertz CT molecular complexity index is 946. The van der Waals surface area contributed by atoms with Crippen LogP contribution in [0.4, 0.5) is 5.69 Å². The molecule has 0 N–H and O–H groups in total. The van der Waals surface area contributed by atoms with Gasteiger partial charge in [-0.25, -0.2) is 4.99 Å². The summed E-state index contributed by atoms with van der Waals surface area (Å²) >= 11 is 1.43. The highest BCUT2D eigenvalue weighted by molar-refractivity contribution is 8.18. The quantitative estimate of drug-likeness (QED) is 0.554. The van der Waals surface area contributed by atoms with Crippen molar-refractivity contribution in [1.29, 1.82) is 0 Å². The van der Waals surface area contributed by atoms with Crippen molar-refractivity contribution in [3.8, 4) is 5.75 Å². The zero-order valence-electron chi connectivity index (χ0n) is 17.7. The van der Waals surface area contributed by atoms with Crippen LogP contribution in [-0.4, -0.2) is 29.1 Å². The van der Waals surface area contributed by atoms with Crippen molar-refractivity contribution in [3.63, 3.8) is 0 Å². The van der Waals surface area contributed by atoms with Crippen LogP contribution >= 0.6 is 11.8 Å². The van der Waals surface area contributed by atoms with E-state index < -0.39 is 0 Å². The van der Waals surface area contributed by atoms with Crippen LogP contribution in [0, 0.1) is 19.8 Å². The summed E-state index contributed by atoms with van der Waals surface area (Å²) in [7, 11) is 0. The summed E-state index contributed by atoms with van der Waals surface area (Å²) in [5.74, 6) is 1.33. The fraction of sp³-hybridized carbons (Fsp3) is 0.333. The average Bonchev–Trinajstić information content (AvgIpc) is 2.98. The van der Waals surface area contributed by atoms with E-state index in [0.29, 0.717) is 24.0 Å². The molecule has 1 aliphatic heterocycles. The van der Waals surface area contributed by atoms with Gasteiger partial charge in [0, 0.05) is 6.54 Å². The molecule has 0 saturated carbocycles. The van der Waals surface area contributed by atoms with E-state index in [1.165, 1.54) is 22.9 Å². The molecule has 1 saturated heterocycles. The van der Waals surface area contributed by atoms with Gasteiger partial charge >= 0.3 is 0 Å². The van der Waals surface area contributed by atoms with E-state index in [0.717, 1.165) is 22.2 Å². The van der Waals surface area contributed by atoms with Gasteiger partial charge in [0.05, 0.1) is 17.2 Å². The van der Waals surface area contributed by atoms with Gasteiger partial charge in [0.1, 0.15) is 5.75 Å². The van der Waals surface area contributed by atoms with E-state index >= 15 is 0 Å². The summed E-state index contributed by atoms with van der Waals surface area (Å²) in [5, 5.41) is 0.726. The topological polar surface area (TPSA) is 41.9 Å². The van der Waals surface area contributed by atoms with E-state index in [4.69, 9.17) is 9.73 Å². The first-order valence-corrected chi connectivity index (χ1v) is 10.8. The van der Waals surface area contributed by atoms with Crippen molar-refractivity contribution in [2.45, 2.75) is 34.6 Å². The number of aliphatic imine (C=N–C) groups is 1. The first-order chi connectivity index (χ1) is 13.9. The van der Waals surface area contributed by atoms with E-state index in [9.17, 15) is 4.79 Å². The number of amides is 1. The van der Waals surface area contributed by atoms with Crippen molar-refractivity contribution in [2.75, 3.05) is 13.2 Å². The second kappa shape index (κ2) is 9.31. The summed E-state index contributed by atoms with van der Waals surface area (Å²) in [5.41, 5.74) is 4.27. The highest BCUT2D eigenvalue weighted by atomic mass is 32.2. The van der Waals surface area contributed by atoms with Crippen molar-refractivity contribution in [2.24, 2.45) is 10.9 Å². The summed E-state index contributed by atoms with van der Waals surface area (Å²) in [6, 6.07) is 14.0. The lowest BCUT2D eigenvalue weighted by Crippen LogP contribution is -2.28. The molecule has 0 unspecified atom stereocenters. The van der Waals surface area contributed by atoms with Gasteiger partial charge < -0.3 is 4.74 Å². The molecule has 152 valence electrons. The molecular weight excluding hydrogens is 380 g/mol. The van der Waals surface area contributed by atoms with Crippen LogP contribution in [0.5, 0.6) is 5.75 Å². The fourth-order valence-corrected chi connectivity index (χ4v) is 3.91. The first kappa shape index (κ1) is 21.2. The Morgan fingerprint density at radius 3 is 2.45 bits per heavy atom. The molecular formula is C24H28N2O2S. The van der Waals surface area contributed by atoms with E-state index in [2.05, 4.69) is 39.8 Å². The third-order valence-electron chi connectivity index (χ3n) is 4.68. The minimum Gasteiger partial charge on any atom is -0.493 e. The second-order valence-electron chi connectivity index (χ2n) is 7.60. The Morgan fingerprint density at radius 2 is 1.83 bits per heavy atom. The number of aryl methyl sites for hydroxylation is 2. The maximum absolute atomic E-state index is 12.8. The molecule has 0 spiro atoms. The molecule has 4 nitrogen and oxygen atoms in total. The Labute approximate surface area is 177 Å². The smallest absolute Gasteiger partial charge is 0.266 e. The summed E-state index contributed by atoms with van der Waals surface area (Å²) < 4.78 is 5.73. The molecule has 0 radical (unpaired) electrons. The van der Waals surface area contributed by atoms with Crippen LogP contribution in [-0.2, 0) is 4.79 Å². The largest absolute Gasteiger partial charge is 0.493 e. The number of likely N-dealkylation sites (N-methyl/N-ethyl adjacent to an activating group) is 1. The Balaban J connectivity index is 1.80. The first-order valence-electron chi connectivity index (χ1n) is 9.97. The lowest BCUT2D eigenvalue weighted by Gasteiger charge is -2.12. The van der Waals surface area contributed by atoms with Crippen LogP contribution in [0.15, 0.2) is 52.4 Å². The summed E-state index contributed by atoms with van der Waals surface area (Å²) in [6.45, 7) is 11.7. The molecule has 1 amide bonds. The lowest BCUT2D eigenvalue weighted by atomic mass is 10.1. The second-order valence-corrected chi connectivity index (χ2v) is 8.61. The standard InChI is InChI=1S/C24H28N2O2S/c1-6-26-23(27)22(14-19-8-11-21(12-9-19)28-15-16(2)3)29-24(26)25-20-10-7-17(4)18(5)13-20/h7-14,16H,6,15H2,1-5H3/b22-14-,25-24?. The van der Waals surface area contributed by atoms with E-state index in [1.807, 2.05) is 43.3 Å². The van der Waals surface area contributed by atoms with Crippen LogP contribution < -0.4 is 4.74 Å². The third-order valence-corrected chi connectivity index (χ3v) is 5.69. The molecule has 0 bridgehead atoms.